The first-order chi connectivity index (χ1) is 10.1. The molecule has 1 aromatic carbocycles. The first-order valence-corrected chi connectivity index (χ1v) is 7.81. The Morgan fingerprint density at radius 1 is 1.33 bits per heavy atom. The Morgan fingerprint density at radius 3 is 2.67 bits per heavy atom. The van der Waals surface area contributed by atoms with E-state index in [9.17, 15) is 4.79 Å². The van der Waals surface area contributed by atoms with E-state index in [0.29, 0.717) is 25.6 Å². The molecule has 0 aliphatic carbocycles. The minimum atomic E-state index is -0.0222. The minimum absolute atomic E-state index is 0.0222. The minimum Gasteiger partial charge on any atom is -0.379 e. The molecular weight excluding hydrogens is 264 g/mol. The number of hydrogen-bond acceptors (Lipinski definition) is 3. The zero-order chi connectivity index (χ0) is 15.2. The van der Waals surface area contributed by atoms with E-state index in [1.54, 1.807) is 0 Å². The van der Waals surface area contributed by atoms with Gasteiger partial charge in [-0.2, -0.15) is 0 Å². The molecule has 1 atom stereocenters. The molecule has 0 bridgehead atoms. The monoisotopic (exact) mass is 290 g/mol. The molecule has 1 heterocycles. The average Bonchev–Trinajstić information content (AvgIpc) is 2.85. The molecular formula is C17H26N2O2. The molecule has 1 aromatic rings. The van der Waals surface area contributed by atoms with Crippen LogP contribution in [0.4, 0.5) is 0 Å². The van der Waals surface area contributed by atoms with Gasteiger partial charge in [-0.3, -0.25) is 10.1 Å². The van der Waals surface area contributed by atoms with Gasteiger partial charge in [0.2, 0.25) is 5.91 Å². The van der Waals surface area contributed by atoms with Gasteiger partial charge in [0.1, 0.15) is 6.17 Å². The van der Waals surface area contributed by atoms with Crippen molar-refractivity contribution < 1.29 is 9.53 Å². The molecule has 4 heteroatoms. The van der Waals surface area contributed by atoms with Gasteiger partial charge >= 0.3 is 0 Å². The normalized spacial score (nSPS) is 18.8. The van der Waals surface area contributed by atoms with E-state index in [1.807, 2.05) is 4.90 Å². The highest BCUT2D eigenvalue weighted by molar-refractivity contribution is 5.80. The number of carbonyl (C=O) groups is 1. The molecule has 1 amide bonds. The van der Waals surface area contributed by atoms with Crippen molar-refractivity contribution in [3.05, 3.63) is 35.4 Å². The number of nitrogens with zero attached hydrogens (tertiary/aromatic N) is 1. The van der Waals surface area contributed by atoms with Crippen molar-refractivity contribution >= 4 is 5.91 Å². The Labute approximate surface area is 127 Å². The van der Waals surface area contributed by atoms with Crippen LogP contribution in [0.3, 0.4) is 0 Å². The van der Waals surface area contributed by atoms with Crippen LogP contribution < -0.4 is 5.32 Å². The van der Waals surface area contributed by atoms with Gasteiger partial charge in [0.25, 0.3) is 0 Å². The van der Waals surface area contributed by atoms with Gasteiger partial charge in [0.15, 0.2) is 0 Å². The van der Waals surface area contributed by atoms with Gasteiger partial charge in [-0.1, -0.05) is 45.0 Å². The molecule has 1 saturated heterocycles. The van der Waals surface area contributed by atoms with Gasteiger partial charge in [0, 0.05) is 13.2 Å². The third kappa shape index (κ3) is 4.29. The van der Waals surface area contributed by atoms with Crippen LogP contribution in [0.2, 0.25) is 0 Å². The molecule has 116 valence electrons. The Balaban J connectivity index is 1.95. The predicted octanol–water partition coefficient (Wildman–Crippen LogP) is 2.35. The van der Waals surface area contributed by atoms with Crippen molar-refractivity contribution in [1.29, 1.82) is 0 Å². The van der Waals surface area contributed by atoms with E-state index in [4.69, 9.17) is 4.74 Å². The van der Waals surface area contributed by atoms with Gasteiger partial charge in [-0.15, -0.1) is 0 Å². The number of benzene rings is 1. The summed E-state index contributed by atoms with van der Waals surface area (Å²) in [7, 11) is 0. The van der Waals surface area contributed by atoms with Gasteiger partial charge in [-0.25, -0.2) is 0 Å². The van der Waals surface area contributed by atoms with Crippen LogP contribution in [0.5, 0.6) is 0 Å². The van der Waals surface area contributed by atoms with E-state index in [2.05, 4.69) is 50.4 Å². The molecule has 2 rings (SSSR count). The molecule has 1 fully saturated rings. The van der Waals surface area contributed by atoms with Crippen LogP contribution in [0.25, 0.3) is 0 Å². The van der Waals surface area contributed by atoms with Crippen molar-refractivity contribution in [1.82, 2.24) is 10.2 Å². The number of aryl methyl sites for hydroxylation is 1. The Kier molecular flexibility index (Phi) is 5.76. The average molecular weight is 290 g/mol. The van der Waals surface area contributed by atoms with Crippen LogP contribution in [0.15, 0.2) is 24.3 Å². The Hall–Kier alpha value is -1.39. The zero-order valence-electron chi connectivity index (χ0n) is 13.3. The number of hydrogen-bond donors (Lipinski definition) is 1. The van der Waals surface area contributed by atoms with Crippen molar-refractivity contribution in [3.63, 3.8) is 0 Å². The summed E-state index contributed by atoms with van der Waals surface area (Å²) in [6.45, 7) is 8.77. The predicted molar refractivity (Wildman–Crippen MR) is 83.9 cm³/mol. The molecule has 1 N–H and O–H groups in total. The molecule has 0 radical (unpaired) electrons. The SMILES string of the molecule is CCc1ccc(C2NCC(=O)N2CCOCC(C)C)cc1. The largest absolute Gasteiger partial charge is 0.379 e. The highest BCUT2D eigenvalue weighted by atomic mass is 16.5. The van der Waals surface area contributed by atoms with E-state index in [0.717, 1.165) is 18.6 Å². The zero-order valence-corrected chi connectivity index (χ0v) is 13.3. The summed E-state index contributed by atoms with van der Waals surface area (Å²) in [4.78, 5) is 13.9. The highest BCUT2D eigenvalue weighted by Crippen LogP contribution is 2.22. The fourth-order valence-electron chi connectivity index (χ4n) is 2.51. The number of rotatable bonds is 7. The molecule has 0 aromatic heterocycles. The van der Waals surface area contributed by atoms with E-state index >= 15 is 0 Å². The molecule has 0 saturated carbocycles. The van der Waals surface area contributed by atoms with E-state index in [-0.39, 0.29) is 12.1 Å². The number of carbonyl (C=O) groups excluding carboxylic acids is 1. The van der Waals surface area contributed by atoms with Gasteiger partial charge in [0.05, 0.1) is 13.2 Å². The standard InChI is InChI=1S/C17H26N2O2/c1-4-14-5-7-15(8-6-14)17-18-11-16(20)19(17)9-10-21-12-13(2)3/h5-8,13,17-18H,4,9-12H2,1-3H3. The number of ether oxygens (including phenoxy) is 1. The first kappa shape index (κ1) is 16.0. The lowest BCUT2D eigenvalue weighted by Gasteiger charge is -2.25. The number of amides is 1. The van der Waals surface area contributed by atoms with E-state index in [1.165, 1.54) is 5.56 Å². The molecule has 1 aliphatic heterocycles. The van der Waals surface area contributed by atoms with Gasteiger partial charge < -0.3 is 9.64 Å². The summed E-state index contributed by atoms with van der Waals surface area (Å²) in [5.74, 6) is 0.669. The van der Waals surface area contributed by atoms with Crippen LogP contribution >= 0.6 is 0 Å². The van der Waals surface area contributed by atoms with Crippen molar-refractivity contribution in [2.24, 2.45) is 5.92 Å². The summed E-state index contributed by atoms with van der Waals surface area (Å²) >= 11 is 0. The van der Waals surface area contributed by atoms with Crippen LogP contribution in [0, 0.1) is 5.92 Å². The molecule has 0 spiro atoms. The summed E-state index contributed by atoms with van der Waals surface area (Å²) in [6.07, 6.45) is 1.01. The second-order valence-electron chi connectivity index (χ2n) is 5.93. The third-order valence-corrected chi connectivity index (χ3v) is 3.71. The molecule has 1 aliphatic rings. The maximum atomic E-state index is 12.0. The van der Waals surface area contributed by atoms with E-state index < -0.39 is 0 Å². The molecule has 1 unspecified atom stereocenters. The Morgan fingerprint density at radius 2 is 2.05 bits per heavy atom. The molecule has 4 nitrogen and oxygen atoms in total. The van der Waals surface area contributed by atoms with Gasteiger partial charge in [-0.05, 0) is 23.5 Å². The maximum absolute atomic E-state index is 12.0. The fourth-order valence-corrected chi connectivity index (χ4v) is 2.51. The Bertz CT molecular complexity index is 456. The lowest BCUT2D eigenvalue weighted by molar-refractivity contribution is -0.128. The van der Waals surface area contributed by atoms with Crippen LogP contribution in [-0.2, 0) is 16.0 Å². The lowest BCUT2D eigenvalue weighted by atomic mass is 10.1. The topological polar surface area (TPSA) is 41.6 Å². The molecule has 21 heavy (non-hydrogen) atoms. The van der Waals surface area contributed by atoms with Crippen molar-refractivity contribution in [3.8, 4) is 0 Å². The smallest absolute Gasteiger partial charge is 0.238 e. The van der Waals surface area contributed by atoms with Crippen molar-refractivity contribution in [2.75, 3.05) is 26.3 Å². The second kappa shape index (κ2) is 7.57. The lowest BCUT2D eigenvalue weighted by Crippen LogP contribution is -2.33. The summed E-state index contributed by atoms with van der Waals surface area (Å²) < 4.78 is 5.60. The van der Waals surface area contributed by atoms with Crippen LogP contribution in [-0.4, -0.2) is 37.1 Å². The fraction of sp³-hybridized carbons (Fsp3) is 0.588. The summed E-state index contributed by atoms with van der Waals surface area (Å²) in [5, 5.41) is 3.28. The maximum Gasteiger partial charge on any atom is 0.238 e. The summed E-state index contributed by atoms with van der Waals surface area (Å²) in [5.41, 5.74) is 2.46. The first-order valence-electron chi connectivity index (χ1n) is 7.81. The third-order valence-electron chi connectivity index (χ3n) is 3.71. The highest BCUT2D eigenvalue weighted by Gasteiger charge is 2.30. The number of nitrogens with one attached hydrogen (secondary N) is 1. The second-order valence-corrected chi connectivity index (χ2v) is 5.93. The van der Waals surface area contributed by atoms with Crippen LogP contribution in [0.1, 0.15) is 38.1 Å². The van der Waals surface area contributed by atoms with Crippen molar-refractivity contribution in [2.45, 2.75) is 33.4 Å². The summed E-state index contributed by atoms with van der Waals surface area (Å²) in [6, 6.07) is 8.48. The quantitative estimate of drug-likeness (QED) is 0.784.